The fourth-order valence-corrected chi connectivity index (χ4v) is 4.21. The van der Waals surface area contributed by atoms with Crippen molar-refractivity contribution < 1.29 is 35.0 Å². The van der Waals surface area contributed by atoms with Crippen LogP contribution in [0.3, 0.4) is 0 Å². The minimum absolute atomic E-state index is 0.00194. The molecule has 0 bridgehead atoms. The molecule has 0 N–H and O–H groups in total. The normalized spacial score (nSPS) is 12.7. The van der Waals surface area contributed by atoms with Crippen LogP contribution < -0.4 is 4.18 Å². The van der Waals surface area contributed by atoms with Crippen molar-refractivity contribution in [3.8, 4) is 5.75 Å². The van der Waals surface area contributed by atoms with Gasteiger partial charge >= 0.3 is 16.3 Å². The first-order valence-electron chi connectivity index (χ1n) is 10.7. The van der Waals surface area contributed by atoms with Crippen molar-refractivity contribution in [2.24, 2.45) is 0 Å². The zero-order valence-corrected chi connectivity index (χ0v) is 19.7. The number of hydrogen-bond acceptors (Lipinski definition) is 4. The van der Waals surface area contributed by atoms with Crippen LogP contribution in [0.25, 0.3) is 0 Å². The van der Waals surface area contributed by atoms with Gasteiger partial charge in [0.2, 0.25) is 0 Å². The van der Waals surface area contributed by atoms with E-state index in [-0.39, 0.29) is 28.8 Å². The molecule has 0 radical (unpaired) electrons. The van der Waals surface area contributed by atoms with Crippen LogP contribution in [0.5, 0.6) is 5.75 Å². The van der Waals surface area contributed by atoms with Gasteiger partial charge in [0.15, 0.2) is 0 Å². The first-order chi connectivity index (χ1) is 16.4. The van der Waals surface area contributed by atoms with Crippen molar-refractivity contribution in [3.63, 3.8) is 0 Å². The molecule has 0 aliphatic heterocycles. The summed E-state index contributed by atoms with van der Waals surface area (Å²) in [5, 5.41) is 0. The van der Waals surface area contributed by atoms with E-state index in [0.29, 0.717) is 12.0 Å². The van der Waals surface area contributed by atoms with Crippen molar-refractivity contribution in [1.82, 2.24) is 4.90 Å². The number of benzene rings is 3. The van der Waals surface area contributed by atoms with Gasteiger partial charge in [-0.1, -0.05) is 19.1 Å². The Kier molecular flexibility index (Phi) is 7.84. The number of amides is 1. The third-order valence-corrected chi connectivity index (χ3v) is 6.66. The van der Waals surface area contributed by atoms with Crippen LogP contribution in [0, 0.1) is 5.82 Å². The van der Waals surface area contributed by atoms with E-state index in [1.165, 1.54) is 17.0 Å². The summed E-state index contributed by atoms with van der Waals surface area (Å²) in [6.07, 6.45) is -3.92. The minimum Gasteiger partial charge on any atom is -0.379 e. The van der Waals surface area contributed by atoms with Crippen LogP contribution in [0.2, 0.25) is 0 Å². The average Bonchev–Trinajstić information content (AvgIpc) is 2.81. The SMILES string of the molecule is CCC(C)N(Cc1cccc(OS(=O)(=O)c2ccc(F)cc2)c1)C(=O)c1ccc(C(F)(F)F)cc1. The quantitative estimate of drug-likeness (QED) is 0.274. The monoisotopic (exact) mass is 509 g/mol. The lowest BCUT2D eigenvalue weighted by atomic mass is 10.1. The maximum Gasteiger partial charge on any atom is 0.416 e. The number of halogens is 4. The molecule has 5 nitrogen and oxygen atoms in total. The number of hydrogen-bond donors (Lipinski definition) is 0. The third-order valence-electron chi connectivity index (χ3n) is 5.40. The van der Waals surface area contributed by atoms with Crippen LogP contribution in [0.1, 0.15) is 41.8 Å². The highest BCUT2D eigenvalue weighted by Crippen LogP contribution is 2.29. The third kappa shape index (κ3) is 6.60. The molecule has 0 heterocycles. The van der Waals surface area contributed by atoms with Crippen LogP contribution >= 0.6 is 0 Å². The van der Waals surface area contributed by atoms with Gasteiger partial charge in [0.1, 0.15) is 16.5 Å². The Morgan fingerprint density at radius 1 is 1.00 bits per heavy atom. The Labute approximate surface area is 201 Å². The van der Waals surface area contributed by atoms with Gasteiger partial charge in [-0.05, 0) is 79.6 Å². The Morgan fingerprint density at radius 2 is 1.63 bits per heavy atom. The van der Waals surface area contributed by atoms with Crippen LogP contribution in [0.4, 0.5) is 17.6 Å². The summed E-state index contributed by atoms with van der Waals surface area (Å²) in [7, 11) is -4.21. The molecule has 0 saturated carbocycles. The molecule has 0 spiro atoms. The highest BCUT2D eigenvalue weighted by Gasteiger charge is 2.31. The van der Waals surface area contributed by atoms with Crippen molar-refractivity contribution >= 4 is 16.0 Å². The summed E-state index contributed by atoms with van der Waals surface area (Å²) in [4.78, 5) is 14.4. The summed E-state index contributed by atoms with van der Waals surface area (Å²) in [6, 6.07) is 14.0. The molecule has 0 aromatic heterocycles. The van der Waals surface area contributed by atoms with Gasteiger partial charge in [-0.3, -0.25) is 4.79 Å². The van der Waals surface area contributed by atoms with Gasteiger partial charge in [-0.2, -0.15) is 21.6 Å². The minimum atomic E-state index is -4.51. The van der Waals surface area contributed by atoms with Gasteiger partial charge in [0, 0.05) is 18.2 Å². The summed E-state index contributed by atoms with van der Waals surface area (Å²) in [5.41, 5.74) is -0.196. The first kappa shape index (κ1) is 26.2. The zero-order valence-electron chi connectivity index (χ0n) is 18.9. The molecule has 10 heteroatoms. The number of carbonyl (C=O) groups excluding carboxylic acids is 1. The van der Waals surface area contributed by atoms with E-state index in [1.54, 1.807) is 19.1 Å². The molecule has 1 amide bonds. The first-order valence-corrected chi connectivity index (χ1v) is 12.1. The highest BCUT2D eigenvalue weighted by atomic mass is 32.2. The van der Waals surface area contributed by atoms with Crippen LogP contribution in [-0.2, 0) is 22.8 Å². The topological polar surface area (TPSA) is 63.7 Å². The standard InChI is InChI=1S/C25H23F4NO4S/c1-3-17(2)30(24(31)19-7-9-20(10-8-19)25(27,28)29)16-18-5-4-6-22(15-18)34-35(32,33)23-13-11-21(26)12-14-23/h4-15,17H,3,16H2,1-2H3. The molecular weight excluding hydrogens is 486 g/mol. The van der Waals surface area contributed by atoms with E-state index in [9.17, 15) is 30.8 Å². The molecule has 3 rings (SSSR count). The van der Waals surface area contributed by atoms with E-state index < -0.39 is 33.6 Å². The molecule has 35 heavy (non-hydrogen) atoms. The van der Waals surface area contributed by atoms with E-state index >= 15 is 0 Å². The smallest absolute Gasteiger partial charge is 0.379 e. The summed E-state index contributed by atoms with van der Waals surface area (Å²) >= 11 is 0. The van der Waals surface area contributed by atoms with Crippen LogP contribution in [0.15, 0.2) is 77.7 Å². The predicted molar refractivity (Wildman–Crippen MR) is 122 cm³/mol. The van der Waals surface area contributed by atoms with Gasteiger partial charge in [-0.15, -0.1) is 0 Å². The van der Waals surface area contributed by atoms with Gasteiger partial charge < -0.3 is 9.08 Å². The van der Waals surface area contributed by atoms with Crippen molar-refractivity contribution in [3.05, 3.63) is 95.3 Å². The summed E-state index contributed by atoms with van der Waals surface area (Å²) in [6.45, 7) is 3.75. The lowest BCUT2D eigenvalue weighted by Gasteiger charge is -2.29. The highest BCUT2D eigenvalue weighted by molar-refractivity contribution is 7.87. The second-order valence-electron chi connectivity index (χ2n) is 7.90. The summed E-state index contributed by atoms with van der Waals surface area (Å²) < 4.78 is 81.9. The molecule has 3 aromatic carbocycles. The molecule has 0 aliphatic rings. The number of alkyl halides is 3. The number of carbonyl (C=O) groups is 1. The lowest BCUT2D eigenvalue weighted by molar-refractivity contribution is -0.137. The maximum atomic E-state index is 13.1. The fraction of sp³-hybridized carbons (Fsp3) is 0.240. The second kappa shape index (κ2) is 10.5. The molecular formula is C25H23F4NO4S. The van der Waals surface area contributed by atoms with Gasteiger partial charge in [-0.25, -0.2) is 4.39 Å². The summed E-state index contributed by atoms with van der Waals surface area (Å²) in [5.74, 6) is -1.05. The molecule has 1 atom stereocenters. The number of rotatable bonds is 8. The van der Waals surface area contributed by atoms with Crippen molar-refractivity contribution in [2.75, 3.05) is 0 Å². The molecule has 0 aliphatic carbocycles. The predicted octanol–water partition coefficient (Wildman–Crippen LogP) is 6.05. The molecule has 3 aromatic rings. The van der Waals surface area contributed by atoms with Gasteiger partial charge in [0.25, 0.3) is 5.91 Å². The molecule has 0 fully saturated rings. The average molecular weight is 510 g/mol. The maximum absolute atomic E-state index is 13.1. The lowest BCUT2D eigenvalue weighted by Crippen LogP contribution is -2.37. The van der Waals surface area contributed by atoms with E-state index in [4.69, 9.17) is 4.18 Å². The van der Waals surface area contributed by atoms with Crippen LogP contribution in [-0.4, -0.2) is 25.3 Å². The van der Waals surface area contributed by atoms with Crippen molar-refractivity contribution in [1.29, 1.82) is 0 Å². The molecule has 1 unspecified atom stereocenters. The Hall–Kier alpha value is -3.40. The van der Waals surface area contributed by atoms with E-state index in [1.807, 2.05) is 6.92 Å². The van der Waals surface area contributed by atoms with Gasteiger partial charge in [0.05, 0.1) is 5.56 Å². The Morgan fingerprint density at radius 3 is 2.20 bits per heavy atom. The molecule has 186 valence electrons. The Balaban J connectivity index is 1.82. The fourth-order valence-electron chi connectivity index (χ4n) is 3.28. The van der Waals surface area contributed by atoms with E-state index in [0.717, 1.165) is 48.5 Å². The number of nitrogens with zero attached hydrogens (tertiary/aromatic N) is 1. The molecule has 0 saturated heterocycles. The zero-order chi connectivity index (χ0) is 25.8. The largest absolute Gasteiger partial charge is 0.416 e. The Bertz CT molecular complexity index is 1270. The van der Waals surface area contributed by atoms with E-state index in [2.05, 4.69) is 0 Å². The van der Waals surface area contributed by atoms with Crippen molar-refractivity contribution in [2.45, 2.75) is 43.9 Å². The second-order valence-corrected chi connectivity index (χ2v) is 9.45.